The minimum absolute atomic E-state index is 0.000787. The summed E-state index contributed by atoms with van der Waals surface area (Å²) in [4.78, 5) is 32.9. The van der Waals surface area contributed by atoms with E-state index in [0.29, 0.717) is 5.56 Å². The number of rotatable bonds is 4. The molecule has 0 heterocycles. The number of carbonyl (C=O) groups excluding carboxylic acids is 1. The Hall–Kier alpha value is -2.44. The lowest BCUT2D eigenvalue weighted by Crippen LogP contribution is -2.13. The van der Waals surface area contributed by atoms with Gasteiger partial charge in [0.25, 0.3) is 5.69 Å². The minimum Gasteiger partial charge on any atom is -0.477 e. The van der Waals surface area contributed by atoms with E-state index in [-0.39, 0.29) is 17.7 Å². The standard InChI is InChI=1S/C12H13NO6/c1-4-19-12(16)9-6(2)5-8(11(14)15)10(7(9)3)13(17)18/h5H,4H2,1-3H3,(H,14,15). The monoisotopic (exact) mass is 267 g/mol. The van der Waals surface area contributed by atoms with Crippen molar-refractivity contribution in [3.63, 3.8) is 0 Å². The summed E-state index contributed by atoms with van der Waals surface area (Å²) in [6.45, 7) is 4.59. The number of aromatic carboxylic acids is 1. The first-order valence-corrected chi connectivity index (χ1v) is 5.50. The number of carboxylic acid groups (broad SMARTS) is 1. The maximum Gasteiger partial charge on any atom is 0.342 e. The lowest BCUT2D eigenvalue weighted by molar-refractivity contribution is -0.385. The molecule has 0 fully saturated rings. The fourth-order valence-corrected chi connectivity index (χ4v) is 1.89. The number of aryl methyl sites for hydroxylation is 1. The predicted molar refractivity (Wildman–Crippen MR) is 65.5 cm³/mol. The molecule has 1 N–H and O–H groups in total. The van der Waals surface area contributed by atoms with E-state index in [0.717, 1.165) is 6.07 Å². The molecule has 0 spiro atoms. The number of carboxylic acids is 1. The summed E-state index contributed by atoms with van der Waals surface area (Å²) in [5.41, 5.74) is -0.646. The van der Waals surface area contributed by atoms with Crippen molar-refractivity contribution in [3.8, 4) is 0 Å². The van der Waals surface area contributed by atoms with Gasteiger partial charge in [0.15, 0.2) is 0 Å². The summed E-state index contributed by atoms with van der Waals surface area (Å²) in [6, 6.07) is 1.11. The fourth-order valence-electron chi connectivity index (χ4n) is 1.89. The van der Waals surface area contributed by atoms with E-state index >= 15 is 0 Å². The minimum atomic E-state index is -1.41. The Labute approximate surface area is 109 Å². The highest BCUT2D eigenvalue weighted by Gasteiger charge is 2.29. The van der Waals surface area contributed by atoms with Crippen LogP contribution in [0.15, 0.2) is 6.07 Å². The molecular formula is C12H13NO6. The number of nitro benzene ring substituents is 1. The van der Waals surface area contributed by atoms with E-state index in [2.05, 4.69) is 0 Å². The Bertz CT molecular complexity index is 564. The third-order valence-electron chi connectivity index (χ3n) is 2.63. The highest BCUT2D eigenvalue weighted by molar-refractivity contribution is 5.99. The number of carbonyl (C=O) groups is 2. The molecule has 19 heavy (non-hydrogen) atoms. The molecule has 0 aromatic heterocycles. The molecule has 0 atom stereocenters. The average molecular weight is 267 g/mol. The smallest absolute Gasteiger partial charge is 0.342 e. The quantitative estimate of drug-likeness (QED) is 0.508. The molecule has 0 unspecified atom stereocenters. The van der Waals surface area contributed by atoms with Crippen LogP contribution in [0.4, 0.5) is 5.69 Å². The van der Waals surface area contributed by atoms with Crippen LogP contribution in [-0.4, -0.2) is 28.6 Å². The highest BCUT2D eigenvalue weighted by atomic mass is 16.6. The van der Waals surface area contributed by atoms with E-state index in [1.165, 1.54) is 13.8 Å². The molecule has 0 amide bonds. The second-order valence-corrected chi connectivity index (χ2v) is 3.87. The number of ether oxygens (including phenoxy) is 1. The Balaban J connectivity index is 3.61. The molecule has 0 radical (unpaired) electrons. The van der Waals surface area contributed by atoms with Gasteiger partial charge in [0.1, 0.15) is 5.56 Å². The van der Waals surface area contributed by atoms with Gasteiger partial charge in [0.2, 0.25) is 0 Å². The summed E-state index contributed by atoms with van der Waals surface area (Å²) < 4.78 is 4.82. The molecule has 7 heteroatoms. The zero-order valence-corrected chi connectivity index (χ0v) is 10.7. The maximum absolute atomic E-state index is 11.8. The van der Waals surface area contributed by atoms with E-state index in [1.54, 1.807) is 6.92 Å². The van der Waals surface area contributed by atoms with Crippen molar-refractivity contribution in [1.82, 2.24) is 0 Å². The zero-order valence-electron chi connectivity index (χ0n) is 10.7. The van der Waals surface area contributed by atoms with Gasteiger partial charge in [-0.1, -0.05) is 0 Å². The largest absolute Gasteiger partial charge is 0.477 e. The normalized spacial score (nSPS) is 10.1. The molecule has 1 aromatic rings. The van der Waals surface area contributed by atoms with Gasteiger partial charge in [0.05, 0.1) is 17.1 Å². The predicted octanol–water partition coefficient (Wildman–Crippen LogP) is 2.09. The van der Waals surface area contributed by atoms with Crippen molar-refractivity contribution in [2.24, 2.45) is 0 Å². The summed E-state index contributed by atoms with van der Waals surface area (Å²) >= 11 is 0. The molecule has 1 rings (SSSR count). The number of hydrogen-bond acceptors (Lipinski definition) is 5. The van der Waals surface area contributed by atoms with Gasteiger partial charge in [-0.15, -0.1) is 0 Å². The molecule has 7 nitrogen and oxygen atoms in total. The number of hydrogen-bond donors (Lipinski definition) is 1. The first kappa shape index (κ1) is 14.6. The topological polar surface area (TPSA) is 107 Å². The summed E-state index contributed by atoms with van der Waals surface area (Å²) in [7, 11) is 0. The number of esters is 1. The first-order chi connectivity index (χ1) is 8.81. The Morgan fingerprint density at radius 3 is 2.42 bits per heavy atom. The van der Waals surface area contributed by atoms with E-state index in [1.807, 2.05) is 0 Å². The Morgan fingerprint density at radius 2 is 2.00 bits per heavy atom. The average Bonchev–Trinajstić information content (AvgIpc) is 2.27. The van der Waals surface area contributed by atoms with Crippen LogP contribution in [0, 0.1) is 24.0 Å². The molecule has 0 aliphatic heterocycles. The van der Waals surface area contributed by atoms with Crippen LogP contribution in [0.2, 0.25) is 0 Å². The third kappa shape index (κ3) is 2.70. The molecule has 0 aliphatic rings. The summed E-state index contributed by atoms with van der Waals surface area (Å²) in [6.07, 6.45) is 0. The fraction of sp³-hybridized carbons (Fsp3) is 0.333. The Morgan fingerprint density at radius 1 is 1.42 bits per heavy atom. The summed E-state index contributed by atoms with van der Waals surface area (Å²) in [5.74, 6) is -2.11. The molecule has 1 aromatic carbocycles. The van der Waals surface area contributed by atoms with Gasteiger partial charge in [-0.3, -0.25) is 10.1 Å². The van der Waals surface area contributed by atoms with Crippen LogP contribution in [0.25, 0.3) is 0 Å². The third-order valence-corrected chi connectivity index (χ3v) is 2.63. The van der Waals surface area contributed by atoms with Crippen LogP contribution in [0.3, 0.4) is 0 Å². The molecular weight excluding hydrogens is 254 g/mol. The second-order valence-electron chi connectivity index (χ2n) is 3.87. The van der Waals surface area contributed by atoms with Crippen LogP contribution in [0.5, 0.6) is 0 Å². The van der Waals surface area contributed by atoms with E-state index < -0.39 is 28.1 Å². The van der Waals surface area contributed by atoms with Crippen LogP contribution >= 0.6 is 0 Å². The number of nitro groups is 1. The van der Waals surface area contributed by atoms with E-state index in [9.17, 15) is 19.7 Å². The van der Waals surface area contributed by atoms with Gasteiger partial charge in [0, 0.05) is 5.56 Å². The zero-order chi connectivity index (χ0) is 14.7. The molecule has 102 valence electrons. The van der Waals surface area contributed by atoms with Crippen molar-refractivity contribution >= 4 is 17.6 Å². The molecule has 0 saturated carbocycles. The number of benzene rings is 1. The van der Waals surface area contributed by atoms with Crippen molar-refractivity contribution in [1.29, 1.82) is 0 Å². The van der Waals surface area contributed by atoms with Crippen molar-refractivity contribution in [3.05, 3.63) is 38.4 Å². The SMILES string of the molecule is CCOC(=O)c1c(C)cc(C(=O)O)c([N+](=O)[O-])c1C. The second kappa shape index (κ2) is 5.47. The summed E-state index contributed by atoms with van der Waals surface area (Å²) in [5, 5.41) is 20.0. The van der Waals surface area contributed by atoms with Crippen molar-refractivity contribution < 1.29 is 24.4 Å². The number of nitrogens with zero attached hydrogens (tertiary/aromatic N) is 1. The molecule has 0 saturated heterocycles. The Kier molecular flexibility index (Phi) is 4.21. The van der Waals surface area contributed by atoms with Crippen LogP contribution in [-0.2, 0) is 4.74 Å². The van der Waals surface area contributed by atoms with Crippen LogP contribution < -0.4 is 0 Å². The van der Waals surface area contributed by atoms with Gasteiger partial charge >= 0.3 is 11.9 Å². The van der Waals surface area contributed by atoms with E-state index in [4.69, 9.17) is 9.84 Å². The van der Waals surface area contributed by atoms with Gasteiger partial charge in [-0.05, 0) is 32.4 Å². The van der Waals surface area contributed by atoms with Gasteiger partial charge < -0.3 is 9.84 Å². The lowest BCUT2D eigenvalue weighted by Gasteiger charge is -2.11. The van der Waals surface area contributed by atoms with Crippen molar-refractivity contribution in [2.75, 3.05) is 6.61 Å². The first-order valence-electron chi connectivity index (χ1n) is 5.50. The molecule has 0 aliphatic carbocycles. The highest BCUT2D eigenvalue weighted by Crippen LogP contribution is 2.29. The van der Waals surface area contributed by atoms with Gasteiger partial charge in [-0.2, -0.15) is 0 Å². The lowest BCUT2D eigenvalue weighted by atomic mass is 9.97. The molecule has 0 bridgehead atoms. The van der Waals surface area contributed by atoms with Crippen LogP contribution in [0.1, 0.15) is 38.8 Å². The van der Waals surface area contributed by atoms with Crippen molar-refractivity contribution in [2.45, 2.75) is 20.8 Å². The maximum atomic E-state index is 11.8. The van der Waals surface area contributed by atoms with Gasteiger partial charge in [-0.25, -0.2) is 9.59 Å².